The number of ether oxygens (including phenoxy) is 5. The van der Waals surface area contributed by atoms with Crippen molar-refractivity contribution < 1.29 is 84.5 Å². The van der Waals surface area contributed by atoms with Gasteiger partial charge >= 0.3 is 23.5 Å². The van der Waals surface area contributed by atoms with E-state index in [0.717, 1.165) is 0 Å². The number of methoxy groups -OCH3 is 1. The number of nitrogens with zero attached hydrogens (tertiary/aromatic N) is 3. The van der Waals surface area contributed by atoms with Gasteiger partial charge in [0.1, 0.15) is 49.1 Å². The maximum Gasteiger partial charge on any atom is 0.490 e. The lowest BCUT2D eigenvalue weighted by Crippen LogP contribution is -2.36. The summed E-state index contributed by atoms with van der Waals surface area (Å²) in [4.78, 5) is 81.2. The van der Waals surface area contributed by atoms with Gasteiger partial charge in [0.05, 0.1) is 43.5 Å². The molecular weight excluding hydrogens is 863 g/mol. The number of hydrogen-bond donors (Lipinski definition) is 8. The van der Waals surface area contributed by atoms with Gasteiger partial charge in [0.15, 0.2) is 6.29 Å². The molecule has 3 heterocycles. The van der Waals surface area contributed by atoms with Crippen LogP contribution in [0.15, 0.2) is 49.4 Å². The summed E-state index contributed by atoms with van der Waals surface area (Å²) in [6.07, 6.45) is 0.594. The molecule has 1 aromatic carbocycles. The van der Waals surface area contributed by atoms with Crippen LogP contribution in [0.3, 0.4) is 0 Å². The third kappa shape index (κ3) is 15.1. The van der Waals surface area contributed by atoms with Crippen molar-refractivity contribution in [2.75, 3.05) is 52.5 Å². The van der Waals surface area contributed by atoms with Crippen LogP contribution in [0.4, 0.5) is 5.82 Å². The lowest BCUT2D eigenvalue weighted by Gasteiger charge is -2.20. The standard InChI is InChI=1S/C32H42N7O18P3/c1-4-11-51-28(17-52-23-9-5-7-21(12-23)32(42)38-18-35-20(2)40)53-16-26(41)34-10-6-8-22-14-39(31-29(22)30(33)36-19-37-31)27-13-24(50-3)25(55-27)15-54-59(46,47)57-60(48,49)56-58(43,44)45/h4-5,7,9,12,14,19,24-25,27-28H,1,10-11,13,15-18H2,2-3H3,(H,34,41)(H,35,40)(H,38,42)(H,46,47)(H,48,49)(H2,33,36,37)(H2,43,44,45). The number of carbonyl (C=O) groups is 3. The maximum absolute atomic E-state index is 12.6. The molecule has 1 saturated heterocycles. The Labute approximate surface area is 341 Å². The highest BCUT2D eigenvalue weighted by Gasteiger charge is 2.43. The molecule has 0 aliphatic carbocycles. The first-order chi connectivity index (χ1) is 28.3. The van der Waals surface area contributed by atoms with Gasteiger partial charge < -0.3 is 69.5 Å². The number of nitrogen functional groups attached to an aromatic ring is 1. The summed E-state index contributed by atoms with van der Waals surface area (Å²) in [6.45, 7) is 3.45. The molecule has 25 nitrogen and oxygen atoms in total. The van der Waals surface area contributed by atoms with Gasteiger partial charge in [-0.2, -0.15) is 8.62 Å². The van der Waals surface area contributed by atoms with E-state index in [1.165, 1.54) is 32.5 Å². The van der Waals surface area contributed by atoms with Crippen molar-refractivity contribution in [3.63, 3.8) is 0 Å². The van der Waals surface area contributed by atoms with E-state index in [0.29, 0.717) is 16.7 Å². The number of hydrogen-bond acceptors (Lipinski definition) is 17. The third-order valence-corrected chi connectivity index (χ3v) is 11.5. The van der Waals surface area contributed by atoms with Crippen molar-refractivity contribution in [1.29, 1.82) is 0 Å². The van der Waals surface area contributed by atoms with Crippen molar-refractivity contribution in [2.24, 2.45) is 0 Å². The van der Waals surface area contributed by atoms with Crippen LogP contribution in [0.25, 0.3) is 11.0 Å². The van der Waals surface area contributed by atoms with E-state index in [1.807, 2.05) is 0 Å². The van der Waals surface area contributed by atoms with E-state index >= 15 is 0 Å². The minimum atomic E-state index is -5.73. The molecule has 0 spiro atoms. The molecule has 60 heavy (non-hydrogen) atoms. The molecule has 1 aliphatic heterocycles. The number of benzene rings is 1. The summed E-state index contributed by atoms with van der Waals surface area (Å²) in [5.41, 5.74) is 7.05. The van der Waals surface area contributed by atoms with Crippen molar-refractivity contribution >= 4 is 58.0 Å². The Hall–Kier alpha value is -4.60. The largest absolute Gasteiger partial charge is 0.490 e. The Bertz CT molecular complexity index is 2230. The van der Waals surface area contributed by atoms with Crippen LogP contribution >= 0.6 is 23.5 Å². The van der Waals surface area contributed by atoms with Gasteiger partial charge in [-0.1, -0.05) is 24.0 Å². The first-order valence-corrected chi connectivity index (χ1v) is 21.7. The van der Waals surface area contributed by atoms with Gasteiger partial charge in [-0.05, 0) is 18.2 Å². The van der Waals surface area contributed by atoms with E-state index < -0.39 is 73.2 Å². The van der Waals surface area contributed by atoms with Crippen LogP contribution in [-0.2, 0) is 55.4 Å². The molecule has 0 bridgehead atoms. The number of phosphoric acid groups is 3. The van der Waals surface area contributed by atoms with E-state index in [9.17, 15) is 37.9 Å². The highest BCUT2D eigenvalue weighted by molar-refractivity contribution is 7.66. The van der Waals surface area contributed by atoms with E-state index in [2.05, 4.69) is 53.0 Å². The molecule has 0 saturated carbocycles. The van der Waals surface area contributed by atoms with Crippen LogP contribution < -0.4 is 26.4 Å². The number of nitrogens with one attached hydrogen (secondary N) is 3. The van der Waals surface area contributed by atoms with Crippen LogP contribution in [-0.4, -0.2) is 117 Å². The van der Waals surface area contributed by atoms with E-state index in [1.54, 1.807) is 29.0 Å². The number of aromatic nitrogens is 3. The minimum absolute atomic E-state index is 0.0517. The molecule has 4 rings (SSSR count). The fourth-order valence-electron chi connectivity index (χ4n) is 5.23. The molecule has 6 unspecified atom stereocenters. The summed E-state index contributed by atoms with van der Waals surface area (Å²) in [5.74, 6) is 4.80. The molecular formula is C32H42N7O18P3. The quantitative estimate of drug-likeness (QED) is 0.0296. The normalized spacial score (nSPS) is 18.9. The van der Waals surface area contributed by atoms with Crippen LogP contribution in [0.1, 0.15) is 35.5 Å². The van der Waals surface area contributed by atoms with Crippen molar-refractivity contribution in [1.82, 2.24) is 30.5 Å². The average molecular weight is 906 g/mol. The van der Waals surface area contributed by atoms with Gasteiger partial charge in [-0.25, -0.2) is 23.7 Å². The predicted molar refractivity (Wildman–Crippen MR) is 205 cm³/mol. The zero-order valence-corrected chi connectivity index (χ0v) is 34.5. The second-order valence-corrected chi connectivity index (χ2v) is 16.5. The molecule has 1 fully saturated rings. The molecule has 1 aliphatic rings. The van der Waals surface area contributed by atoms with Crippen LogP contribution in [0.5, 0.6) is 5.75 Å². The molecule has 2 aromatic heterocycles. The molecule has 328 valence electrons. The molecule has 28 heteroatoms. The number of carbonyl (C=O) groups excluding carboxylic acids is 3. The lowest BCUT2D eigenvalue weighted by atomic mass is 10.2. The Morgan fingerprint density at radius 1 is 1.10 bits per heavy atom. The topological polar surface area (TPSA) is 350 Å². The highest BCUT2D eigenvalue weighted by Crippen LogP contribution is 2.66. The zero-order chi connectivity index (χ0) is 44.1. The summed E-state index contributed by atoms with van der Waals surface area (Å²) in [6, 6.07) is 6.25. The first-order valence-electron chi connectivity index (χ1n) is 17.2. The smallest absolute Gasteiger partial charge is 0.488 e. The second kappa shape index (κ2) is 21.8. The van der Waals surface area contributed by atoms with Crippen molar-refractivity contribution in [3.8, 4) is 17.6 Å². The van der Waals surface area contributed by atoms with Gasteiger partial charge in [-0.15, -0.1) is 6.58 Å². The van der Waals surface area contributed by atoms with Gasteiger partial charge in [0.25, 0.3) is 5.91 Å². The molecule has 3 amide bonds. The second-order valence-electron chi connectivity index (χ2n) is 12.1. The Morgan fingerprint density at radius 3 is 2.57 bits per heavy atom. The monoisotopic (exact) mass is 905 g/mol. The van der Waals surface area contributed by atoms with Gasteiger partial charge in [0, 0.05) is 32.2 Å². The summed E-state index contributed by atoms with van der Waals surface area (Å²) in [7, 11) is -15.4. The fraction of sp³-hybridized carbons (Fsp3) is 0.406. The summed E-state index contributed by atoms with van der Waals surface area (Å²) in [5, 5.41) is 7.94. The summed E-state index contributed by atoms with van der Waals surface area (Å²) >= 11 is 0. The number of amides is 3. The van der Waals surface area contributed by atoms with Crippen LogP contribution in [0, 0.1) is 11.8 Å². The van der Waals surface area contributed by atoms with E-state index in [4.69, 9.17) is 43.7 Å². The SMILES string of the molecule is C=CCOC(COc1cccc(C(=O)NCNC(C)=O)c1)OCC(=O)NCC#Cc1cn(C2CC(OC)C(COP(=O)(O)OP(=O)(O)OP(=O)(O)O)O2)c2ncnc(N)c12. The number of rotatable bonds is 22. The zero-order valence-electron chi connectivity index (χ0n) is 31.8. The molecule has 3 aromatic rings. The van der Waals surface area contributed by atoms with Gasteiger partial charge in [-0.3, -0.25) is 18.9 Å². The Morgan fingerprint density at radius 2 is 1.87 bits per heavy atom. The lowest BCUT2D eigenvalue weighted by molar-refractivity contribution is -0.162. The van der Waals surface area contributed by atoms with Gasteiger partial charge in [0.2, 0.25) is 11.8 Å². The number of fused-ring (bicyclic) bond motifs is 1. The number of phosphoric ester groups is 1. The van der Waals surface area contributed by atoms with E-state index in [-0.39, 0.29) is 55.8 Å². The fourth-order valence-corrected chi connectivity index (χ4v) is 8.26. The first kappa shape index (κ1) is 48.1. The van der Waals surface area contributed by atoms with Crippen LogP contribution in [0.2, 0.25) is 0 Å². The maximum atomic E-state index is 12.6. The van der Waals surface area contributed by atoms with Crippen molar-refractivity contribution in [2.45, 2.75) is 38.1 Å². The van der Waals surface area contributed by atoms with Crippen molar-refractivity contribution in [3.05, 3.63) is 60.6 Å². The highest BCUT2D eigenvalue weighted by atomic mass is 31.3. The Balaban J connectivity index is 1.34. The molecule has 9 N–H and O–H groups in total. The minimum Gasteiger partial charge on any atom is -0.488 e. The number of nitrogens with two attached hydrogens (primary N) is 1. The molecule has 6 atom stereocenters. The Kier molecular flexibility index (Phi) is 17.4. The molecule has 0 radical (unpaired) electrons. The predicted octanol–water partition coefficient (Wildman–Crippen LogP) is 0.575. The average Bonchev–Trinajstić information content (AvgIpc) is 3.75. The third-order valence-electron chi connectivity index (χ3n) is 7.72. The summed E-state index contributed by atoms with van der Waals surface area (Å²) < 4.78 is 76.9. The number of anilines is 1.